The van der Waals surface area contributed by atoms with Gasteiger partial charge in [0.25, 0.3) is 5.91 Å². The maximum absolute atomic E-state index is 12.6. The SMILES string of the molecule is CC(C)(C)c1nnsc1C(=O)N1CCC(CBr)CC1. The fourth-order valence-corrected chi connectivity index (χ4v) is 3.75. The molecule has 4 nitrogen and oxygen atoms in total. The quantitative estimate of drug-likeness (QED) is 0.773. The van der Waals surface area contributed by atoms with Crippen LogP contribution in [0.4, 0.5) is 0 Å². The van der Waals surface area contributed by atoms with Crippen LogP contribution in [-0.4, -0.2) is 38.8 Å². The zero-order valence-corrected chi connectivity index (χ0v) is 14.1. The smallest absolute Gasteiger partial charge is 0.267 e. The van der Waals surface area contributed by atoms with Gasteiger partial charge in [-0.2, -0.15) is 0 Å². The minimum absolute atomic E-state index is 0.105. The van der Waals surface area contributed by atoms with Crippen LogP contribution in [0, 0.1) is 5.92 Å². The first-order chi connectivity index (χ1) is 8.93. The average Bonchev–Trinajstić information content (AvgIpc) is 2.87. The molecule has 2 heterocycles. The van der Waals surface area contributed by atoms with Crippen LogP contribution in [0.15, 0.2) is 0 Å². The summed E-state index contributed by atoms with van der Waals surface area (Å²) in [6.45, 7) is 7.89. The Hall–Kier alpha value is -0.490. The Kier molecular flexibility index (Phi) is 4.61. The lowest BCUT2D eigenvalue weighted by molar-refractivity contribution is 0.0701. The number of nitrogens with zero attached hydrogens (tertiary/aromatic N) is 3. The monoisotopic (exact) mass is 345 g/mol. The normalized spacial score (nSPS) is 17.8. The van der Waals surface area contributed by atoms with Crippen LogP contribution >= 0.6 is 27.5 Å². The standard InChI is InChI=1S/C13H20BrN3OS/c1-13(2,3)11-10(19-16-15-11)12(18)17-6-4-9(8-14)5-7-17/h9H,4-8H2,1-3H3. The first-order valence-electron chi connectivity index (χ1n) is 6.61. The molecule has 0 radical (unpaired) electrons. The summed E-state index contributed by atoms with van der Waals surface area (Å²) in [5, 5.41) is 5.18. The Balaban J connectivity index is 2.11. The number of aromatic nitrogens is 2. The third-order valence-corrected chi connectivity index (χ3v) is 5.14. The molecule has 0 atom stereocenters. The zero-order valence-electron chi connectivity index (χ0n) is 11.6. The highest BCUT2D eigenvalue weighted by Gasteiger charge is 2.30. The topological polar surface area (TPSA) is 46.1 Å². The van der Waals surface area contributed by atoms with Gasteiger partial charge in [-0.3, -0.25) is 4.79 Å². The molecule has 0 saturated carbocycles. The summed E-state index contributed by atoms with van der Waals surface area (Å²) in [6, 6.07) is 0. The number of carbonyl (C=O) groups is 1. The van der Waals surface area contributed by atoms with Crippen molar-refractivity contribution in [3.63, 3.8) is 0 Å². The summed E-state index contributed by atoms with van der Waals surface area (Å²) < 4.78 is 3.97. The van der Waals surface area contributed by atoms with Gasteiger partial charge < -0.3 is 4.90 Å². The highest BCUT2D eigenvalue weighted by Crippen LogP contribution is 2.28. The van der Waals surface area contributed by atoms with E-state index in [1.54, 1.807) is 0 Å². The molecule has 1 saturated heterocycles. The van der Waals surface area contributed by atoms with E-state index < -0.39 is 0 Å². The second kappa shape index (κ2) is 5.87. The van der Waals surface area contributed by atoms with Gasteiger partial charge in [-0.25, -0.2) is 0 Å². The first kappa shape index (κ1) is 14.9. The Morgan fingerprint density at radius 3 is 2.58 bits per heavy atom. The third kappa shape index (κ3) is 3.34. The molecule has 1 aromatic heterocycles. The molecule has 2 rings (SSSR count). The minimum atomic E-state index is -0.133. The summed E-state index contributed by atoms with van der Waals surface area (Å²) >= 11 is 4.75. The number of rotatable bonds is 2. The van der Waals surface area contributed by atoms with Gasteiger partial charge >= 0.3 is 0 Å². The average molecular weight is 346 g/mol. The third-order valence-electron chi connectivity index (χ3n) is 3.51. The molecule has 0 bridgehead atoms. The van der Waals surface area contributed by atoms with Gasteiger partial charge in [0.05, 0.1) is 5.69 Å². The van der Waals surface area contributed by atoms with Gasteiger partial charge in [-0.05, 0) is 30.3 Å². The molecule has 1 aliphatic rings. The maximum Gasteiger partial charge on any atom is 0.267 e. The van der Waals surface area contributed by atoms with Crippen LogP contribution in [0.3, 0.4) is 0 Å². The van der Waals surface area contributed by atoms with E-state index in [0.29, 0.717) is 10.8 Å². The van der Waals surface area contributed by atoms with Crippen molar-refractivity contribution in [2.24, 2.45) is 5.92 Å². The molecule has 0 spiro atoms. The van der Waals surface area contributed by atoms with Gasteiger partial charge in [0, 0.05) is 23.8 Å². The van der Waals surface area contributed by atoms with Crippen LogP contribution < -0.4 is 0 Å². The van der Waals surface area contributed by atoms with Crippen molar-refractivity contribution in [2.75, 3.05) is 18.4 Å². The van der Waals surface area contributed by atoms with Gasteiger partial charge in [-0.1, -0.05) is 41.2 Å². The fraction of sp³-hybridized carbons (Fsp3) is 0.769. The molecular weight excluding hydrogens is 326 g/mol. The lowest BCUT2D eigenvalue weighted by Gasteiger charge is -2.31. The molecule has 6 heteroatoms. The molecular formula is C13H20BrN3OS. The van der Waals surface area contributed by atoms with E-state index in [0.717, 1.165) is 37.0 Å². The van der Waals surface area contributed by atoms with Crippen molar-refractivity contribution >= 4 is 33.4 Å². The fourth-order valence-electron chi connectivity index (χ4n) is 2.26. The van der Waals surface area contributed by atoms with Crippen LogP contribution in [0.2, 0.25) is 0 Å². The highest BCUT2D eigenvalue weighted by molar-refractivity contribution is 9.09. The summed E-state index contributed by atoms with van der Waals surface area (Å²) in [4.78, 5) is 15.2. The minimum Gasteiger partial charge on any atom is -0.338 e. The molecule has 1 aromatic rings. The van der Waals surface area contributed by atoms with Crippen LogP contribution in [0.25, 0.3) is 0 Å². The van der Waals surface area contributed by atoms with Crippen molar-refractivity contribution in [3.8, 4) is 0 Å². The first-order valence-corrected chi connectivity index (χ1v) is 8.51. The van der Waals surface area contributed by atoms with E-state index >= 15 is 0 Å². The second-order valence-corrected chi connectivity index (χ2v) is 7.49. The molecule has 106 valence electrons. The van der Waals surface area contributed by atoms with Crippen LogP contribution in [-0.2, 0) is 5.41 Å². The lowest BCUT2D eigenvalue weighted by atomic mass is 9.91. The molecule has 0 unspecified atom stereocenters. The second-order valence-electron chi connectivity index (χ2n) is 6.09. The van der Waals surface area contributed by atoms with Crippen molar-refractivity contribution in [2.45, 2.75) is 39.0 Å². The zero-order chi connectivity index (χ0) is 14.0. The van der Waals surface area contributed by atoms with E-state index in [2.05, 4.69) is 46.3 Å². The predicted octanol–water partition coefficient (Wildman–Crippen LogP) is 3.08. The van der Waals surface area contributed by atoms with Gasteiger partial charge in [0.1, 0.15) is 4.88 Å². The molecule has 0 N–H and O–H groups in total. The van der Waals surface area contributed by atoms with Gasteiger partial charge in [0.2, 0.25) is 0 Å². The van der Waals surface area contributed by atoms with Crippen molar-refractivity contribution < 1.29 is 4.79 Å². The van der Waals surface area contributed by atoms with Crippen molar-refractivity contribution in [3.05, 3.63) is 10.6 Å². The molecule has 1 aliphatic heterocycles. The molecule has 0 aliphatic carbocycles. The summed E-state index contributed by atoms with van der Waals surface area (Å²) in [7, 11) is 0. The number of carbonyl (C=O) groups excluding carboxylic acids is 1. The molecule has 1 fully saturated rings. The van der Waals surface area contributed by atoms with E-state index in [9.17, 15) is 4.79 Å². The summed E-state index contributed by atoms with van der Waals surface area (Å²) in [6.07, 6.45) is 2.15. The van der Waals surface area contributed by atoms with Crippen LogP contribution in [0.1, 0.15) is 49.0 Å². The number of piperidine rings is 1. The number of hydrogen-bond acceptors (Lipinski definition) is 4. The predicted molar refractivity (Wildman–Crippen MR) is 81.0 cm³/mol. The molecule has 0 aromatic carbocycles. The van der Waals surface area contributed by atoms with Crippen molar-refractivity contribution in [1.82, 2.24) is 14.5 Å². The maximum atomic E-state index is 12.6. The lowest BCUT2D eigenvalue weighted by Crippen LogP contribution is -2.39. The van der Waals surface area contributed by atoms with Gasteiger partial charge in [0.15, 0.2) is 0 Å². The summed E-state index contributed by atoms with van der Waals surface area (Å²) in [5.41, 5.74) is 0.691. The van der Waals surface area contributed by atoms with Crippen molar-refractivity contribution in [1.29, 1.82) is 0 Å². The number of amides is 1. The van der Waals surface area contributed by atoms with E-state index in [1.807, 2.05) is 4.90 Å². The number of halogens is 1. The van der Waals surface area contributed by atoms with E-state index in [1.165, 1.54) is 11.5 Å². The Morgan fingerprint density at radius 1 is 1.42 bits per heavy atom. The Morgan fingerprint density at radius 2 is 2.05 bits per heavy atom. The number of hydrogen-bond donors (Lipinski definition) is 0. The molecule has 19 heavy (non-hydrogen) atoms. The van der Waals surface area contributed by atoms with E-state index in [4.69, 9.17) is 0 Å². The highest BCUT2D eigenvalue weighted by atomic mass is 79.9. The Labute approximate surface area is 126 Å². The van der Waals surface area contributed by atoms with Gasteiger partial charge in [-0.15, -0.1) is 5.10 Å². The van der Waals surface area contributed by atoms with Crippen LogP contribution in [0.5, 0.6) is 0 Å². The number of likely N-dealkylation sites (tertiary alicyclic amines) is 1. The number of alkyl halides is 1. The Bertz CT molecular complexity index is 447. The molecule has 1 amide bonds. The largest absolute Gasteiger partial charge is 0.338 e. The summed E-state index contributed by atoms with van der Waals surface area (Å²) in [5.74, 6) is 0.804. The van der Waals surface area contributed by atoms with E-state index in [-0.39, 0.29) is 11.3 Å².